The second-order valence-electron chi connectivity index (χ2n) is 9.37. The number of anilines is 4. The lowest BCUT2D eigenvalue weighted by Crippen LogP contribution is -2.27. The van der Waals surface area contributed by atoms with E-state index in [1.54, 1.807) is 12.1 Å². The smallest absolute Gasteiger partial charge is 0.251 e. The first-order chi connectivity index (χ1) is 20.6. The van der Waals surface area contributed by atoms with Gasteiger partial charge in [0, 0.05) is 38.4 Å². The molecule has 0 fully saturated rings. The Morgan fingerprint density at radius 1 is 0.738 bits per heavy atom. The van der Waals surface area contributed by atoms with E-state index in [1.807, 2.05) is 91.8 Å². The van der Waals surface area contributed by atoms with Crippen molar-refractivity contribution in [2.24, 2.45) is 0 Å². The lowest BCUT2D eigenvalue weighted by molar-refractivity contribution is 0.0519. The second kappa shape index (κ2) is 16.5. The van der Waals surface area contributed by atoms with Crippen molar-refractivity contribution in [2.45, 2.75) is 6.61 Å². The summed E-state index contributed by atoms with van der Waals surface area (Å²) >= 11 is 0. The van der Waals surface area contributed by atoms with Crippen LogP contribution in [0.25, 0.3) is 0 Å². The van der Waals surface area contributed by atoms with E-state index >= 15 is 0 Å². The van der Waals surface area contributed by atoms with Crippen LogP contribution in [0.3, 0.4) is 0 Å². The molecule has 220 valence electrons. The summed E-state index contributed by atoms with van der Waals surface area (Å²) in [6.07, 6.45) is 0. The first-order valence-corrected chi connectivity index (χ1v) is 13.8. The minimum absolute atomic E-state index is 0.113. The molecule has 4 rings (SSSR count). The quantitative estimate of drug-likeness (QED) is 0.159. The van der Waals surface area contributed by atoms with Gasteiger partial charge in [-0.05, 0) is 42.0 Å². The van der Waals surface area contributed by atoms with Crippen molar-refractivity contribution in [3.8, 4) is 5.75 Å². The van der Waals surface area contributed by atoms with Crippen LogP contribution in [0.2, 0.25) is 0 Å². The van der Waals surface area contributed by atoms with Crippen molar-refractivity contribution in [3.63, 3.8) is 0 Å². The van der Waals surface area contributed by atoms with Gasteiger partial charge in [-0.2, -0.15) is 15.0 Å². The average Bonchev–Trinajstić information content (AvgIpc) is 3.02. The maximum atomic E-state index is 12.0. The van der Waals surface area contributed by atoms with Crippen LogP contribution in [-0.2, 0) is 16.1 Å². The van der Waals surface area contributed by atoms with Gasteiger partial charge < -0.3 is 35.1 Å². The molecular weight excluding hydrogens is 534 g/mol. The Bertz CT molecular complexity index is 1360. The van der Waals surface area contributed by atoms with Crippen molar-refractivity contribution < 1.29 is 19.0 Å². The fourth-order valence-electron chi connectivity index (χ4n) is 3.69. The average molecular weight is 572 g/mol. The Hall–Kier alpha value is -4.74. The molecule has 42 heavy (non-hydrogen) atoms. The van der Waals surface area contributed by atoms with E-state index in [4.69, 9.17) is 14.2 Å². The van der Waals surface area contributed by atoms with Crippen molar-refractivity contribution in [1.29, 1.82) is 0 Å². The minimum atomic E-state index is -0.113. The van der Waals surface area contributed by atoms with Crippen molar-refractivity contribution in [2.75, 3.05) is 69.1 Å². The van der Waals surface area contributed by atoms with Crippen LogP contribution in [0.15, 0.2) is 84.9 Å². The number of ether oxygens (including phenoxy) is 3. The molecular formula is C31H37N7O4. The fourth-order valence-corrected chi connectivity index (χ4v) is 3.69. The molecule has 0 bridgehead atoms. The molecule has 0 unspecified atom stereocenters. The van der Waals surface area contributed by atoms with Crippen LogP contribution in [-0.4, -0.2) is 74.5 Å². The second-order valence-corrected chi connectivity index (χ2v) is 9.37. The van der Waals surface area contributed by atoms with Gasteiger partial charge in [0.15, 0.2) is 0 Å². The summed E-state index contributed by atoms with van der Waals surface area (Å²) in [4.78, 5) is 27.3. The molecule has 1 aromatic heterocycles. The highest BCUT2D eigenvalue weighted by Crippen LogP contribution is 2.21. The van der Waals surface area contributed by atoms with Crippen LogP contribution in [0.5, 0.6) is 5.75 Å². The highest BCUT2D eigenvalue weighted by Gasteiger charge is 2.09. The maximum absolute atomic E-state index is 12.0. The number of hydrogen-bond donors (Lipinski definition) is 3. The van der Waals surface area contributed by atoms with Gasteiger partial charge in [0.25, 0.3) is 5.91 Å². The summed E-state index contributed by atoms with van der Waals surface area (Å²) in [7, 11) is 3.75. The van der Waals surface area contributed by atoms with E-state index in [0.29, 0.717) is 69.5 Å². The van der Waals surface area contributed by atoms with E-state index in [2.05, 4.69) is 30.9 Å². The zero-order valence-electron chi connectivity index (χ0n) is 24.0. The molecule has 3 aromatic carbocycles. The Labute approximate surface area is 246 Å². The first-order valence-electron chi connectivity index (χ1n) is 13.8. The zero-order valence-corrected chi connectivity index (χ0v) is 24.0. The topological polar surface area (TPSA) is 123 Å². The third-order valence-electron chi connectivity index (χ3n) is 5.85. The lowest BCUT2D eigenvalue weighted by Gasteiger charge is -2.14. The van der Waals surface area contributed by atoms with Crippen LogP contribution in [0, 0.1) is 0 Å². The normalized spacial score (nSPS) is 10.6. The number of aromatic nitrogens is 3. The van der Waals surface area contributed by atoms with E-state index in [1.165, 1.54) is 0 Å². The lowest BCUT2D eigenvalue weighted by atomic mass is 10.2. The summed E-state index contributed by atoms with van der Waals surface area (Å²) in [5.41, 5.74) is 2.57. The van der Waals surface area contributed by atoms with Crippen molar-refractivity contribution in [1.82, 2.24) is 20.3 Å². The van der Waals surface area contributed by atoms with Gasteiger partial charge in [0.05, 0.1) is 26.4 Å². The third kappa shape index (κ3) is 10.3. The number of carbonyl (C=O) groups is 1. The van der Waals surface area contributed by atoms with Crippen LogP contribution < -0.4 is 25.6 Å². The molecule has 0 radical (unpaired) electrons. The van der Waals surface area contributed by atoms with Gasteiger partial charge >= 0.3 is 0 Å². The summed E-state index contributed by atoms with van der Waals surface area (Å²) in [6, 6.07) is 26.8. The Kier molecular flexibility index (Phi) is 11.9. The van der Waals surface area contributed by atoms with Crippen molar-refractivity contribution in [3.05, 3.63) is 96.1 Å². The largest absolute Gasteiger partial charge is 0.489 e. The van der Waals surface area contributed by atoms with Gasteiger partial charge in [-0.15, -0.1) is 0 Å². The maximum Gasteiger partial charge on any atom is 0.251 e. The Balaban J connectivity index is 1.14. The molecule has 0 saturated heterocycles. The SMILES string of the molecule is CN(C)c1nc(NCCOCCOCCNC(=O)c2ccccc2)nc(Nc2ccc(OCc3ccccc3)cc2)n1. The number of carbonyl (C=O) groups excluding carboxylic acids is 1. The number of rotatable bonds is 17. The third-order valence-corrected chi connectivity index (χ3v) is 5.85. The van der Waals surface area contributed by atoms with Crippen LogP contribution >= 0.6 is 0 Å². The zero-order chi connectivity index (χ0) is 29.4. The molecule has 1 heterocycles. The number of nitrogens with one attached hydrogen (secondary N) is 3. The van der Waals surface area contributed by atoms with Crippen LogP contribution in [0.4, 0.5) is 23.5 Å². The molecule has 0 atom stereocenters. The van der Waals surface area contributed by atoms with Crippen LogP contribution in [0.1, 0.15) is 15.9 Å². The molecule has 1 amide bonds. The van der Waals surface area contributed by atoms with E-state index in [0.717, 1.165) is 17.0 Å². The predicted molar refractivity (Wildman–Crippen MR) is 164 cm³/mol. The molecule has 0 spiro atoms. The number of nitrogens with zero attached hydrogens (tertiary/aromatic N) is 4. The summed E-state index contributed by atoms with van der Waals surface area (Å²) in [6.45, 7) is 3.19. The Morgan fingerprint density at radius 2 is 1.38 bits per heavy atom. The van der Waals surface area contributed by atoms with Gasteiger partial charge in [-0.3, -0.25) is 4.79 Å². The molecule has 0 saturated carbocycles. The van der Waals surface area contributed by atoms with E-state index in [-0.39, 0.29) is 5.91 Å². The highest BCUT2D eigenvalue weighted by molar-refractivity contribution is 5.94. The van der Waals surface area contributed by atoms with Gasteiger partial charge in [-0.1, -0.05) is 48.5 Å². The predicted octanol–water partition coefficient (Wildman–Crippen LogP) is 4.14. The van der Waals surface area contributed by atoms with Gasteiger partial charge in [0.2, 0.25) is 17.8 Å². The molecule has 11 nitrogen and oxygen atoms in total. The summed E-state index contributed by atoms with van der Waals surface area (Å²) < 4.78 is 17.0. The standard InChI is InChI=1S/C31H37N7O4/c1-38(2)31-36-29(33-18-20-41-22-21-40-19-17-32-28(39)25-11-7-4-8-12-25)35-30(37-31)34-26-13-15-27(16-14-26)42-23-24-9-5-3-6-10-24/h3-16H,17-23H2,1-2H3,(H,32,39)(H2,33,34,35,36,37). The highest BCUT2D eigenvalue weighted by atomic mass is 16.5. The molecule has 0 aliphatic heterocycles. The molecule has 4 aromatic rings. The Morgan fingerprint density at radius 3 is 2.07 bits per heavy atom. The van der Waals surface area contributed by atoms with Gasteiger partial charge in [-0.25, -0.2) is 0 Å². The molecule has 11 heteroatoms. The number of amides is 1. The van der Waals surface area contributed by atoms with Gasteiger partial charge in [0.1, 0.15) is 12.4 Å². The molecule has 0 aliphatic rings. The number of hydrogen-bond acceptors (Lipinski definition) is 10. The number of benzene rings is 3. The molecule has 3 N–H and O–H groups in total. The first kappa shape index (κ1) is 30.2. The fraction of sp³-hybridized carbons (Fsp3) is 0.290. The van der Waals surface area contributed by atoms with Crippen molar-refractivity contribution >= 4 is 29.4 Å². The summed E-state index contributed by atoms with van der Waals surface area (Å²) in [5.74, 6) is 2.04. The van der Waals surface area contributed by atoms with E-state index in [9.17, 15) is 4.79 Å². The van der Waals surface area contributed by atoms with E-state index < -0.39 is 0 Å². The summed E-state index contributed by atoms with van der Waals surface area (Å²) in [5, 5.41) is 9.24. The molecule has 0 aliphatic carbocycles. The monoisotopic (exact) mass is 571 g/mol. The minimum Gasteiger partial charge on any atom is -0.489 e.